The monoisotopic (exact) mass is 252 g/mol. The molecule has 0 saturated carbocycles. The van der Waals surface area contributed by atoms with Crippen molar-refractivity contribution >= 4 is 5.91 Å². The van der Waals surface area contributed by atoms with E-state index in [0.717, 1.165) is 17.7 Å². The molecule has 6 heteroatoms. The molecule has 1 atom stereocenters. The third-order valence-corrected chi connectivity index (χ3v) is 2.82. The fraction of sp³-hybridized carbons (Fsp3) is 0.909. The second-order valence-corrected chi connectivity index (χ2v) is 4.38. The Balaban J connectivity index is 2.57. The molecule has 0 aromatic carbocycles. The molecule has 1 amide bonds. The fourth-order valence-electron chi connectivity index (χ4n) is 1.95. The van der Waals surface area contributed by atoms with Crippen molar-refractivity contribution in [2.45, 2.75) is 44.8 Å². The van der Waals surface area contributed by atoms with Gasteiger partial charge in [0, 0.05) is 6.54 Å². The van der Waals surface area contributed by atoms with Gasteiger partial charge in [0.05, 0.1) is 6.04 Å². The summed E-state index contributed by atoms with van der Waals surface area (Å²) in [5, 5.41) is 2.94. The van der Waals surface area contributed by atoms with E-state index in [1.807, 2.05) is 6.92 Å². The summed E-state index contributed by atoms with van der Waals surface area (Å²) < 4.78 is 37.1. The van der Waals surface area contributed by atoms with Crippen molar-refractivity contribution in [3.63, 3.8) is 0 Å². The summed E-state index contributed by atoms with van der Waals surface area (Å²) in [6.45, 7) is 1.66. The predicted octanol–water partition coefficient (Wildman–Crippen LogP) is 1.93. The number of hydrogen-bond acceptors (Lipinski definition) is 2. The van der Waals surface area contributed by atoms with E-state index in [9.17, 15) is 18.0 Å². The van der Waals surface area contributed by atoms with Crippen molar-refractivity contribution in [1.82, 2.24) is 10.2 Å². The third-order valence-electron chi connectivity index (χ3n) is 2.82. The molecule has 0 bridgehead atoms. The SMILES string of the molecule is CCCCN(CC(F)(F)F)C(=O)C1CCCN1. The number of halogens is 3. The average molecular weight is 252 g/mol. The first kappa shape index (κ1) is 14.3. The van der Waals surface area contributed by atoms with E-state index in [1.165, 1.54) is 0 Å². The highest BCUT2D eigenvalue weighted by molar-refractivity contribution is 5.82. The largest absolute Gasteiger partial charge is 0.406 e. The molecular weight excluding hydrogens is 233 g/mol. The molecule has 1 fully saturated rings. The van der Waals surface area contributed by atoms with Crippen LogP contribution in [-0.4, -0.2) is 42.7 Å². The zero-order chi connectivity index (χ0) is 12.9. The molecular formula is C11H19F3N2O. The van der Waals surface area contributed by atoms with Crippen LogP contribution < -0.4 is 5.32 Å². The van der Waals surface area contributed by atoms with Gasteiger partial charge in [-0.25, -0.2) is 0 Å². The lowest BCUT2D eigenvalue weighted by Gasteiger charge is -2.26. The van der Waals surface area contributed by atoms with Crippen LogP contribution in [0.3, 0.4) is 0 Å². The number of carbonyl (C=O) groups excluding carboxylic acids is 1. The average Bonchev–Trinajstić information content (AvgIpc) is 2.74. The minimum absolute atomic E-state index is 0.188. The Morgan fingerprint density at radius 3 is 2.65 bits per heavy atom. The van der Waals surface area contributed by atoms with Crippen LogP contribution in [0.4, 0.5) is 13.2 Å². The minimum Gasteiger partial charge on any atom is -0.332 e. The fourth-order valence-corrected chi connectivity index (χ4v) is 1.95. The molecule has 1 saturated heterocycles. The van der Waals surface area contributed by atoms with Crippen molar-refractivity contribution < 1.29 is 18.0 Å². The molecule has 1 aliphatic rings. The quantitative estimate of drug-likeness (QED) is 0.811. The van der Waals surface area contributed by atoms with Gasteiger partial charge in [0.1, 0.15) is 6.54 Å². The molecule has 0 aliphatic carbocycles. The third kappa shape index (κ3) is 4.93. The Morgan fingerprint density at radius 2 is 2.18 bits per heavy atom. The Kier molecular flexibility index (Phi) is 5.24. The van der Waals surface area contributed by atoms with E-state index in [1.54, 1.807) is 0 Å². The van der Waals surface area contributed by atoms with Gasteiger partial charge in [-0.15, -0.1) is 0 Å². The summed E-state index contributed by atoms with van der Waals surface area (Å²) in [5.41, 5.74) is 0. The zero-order valence-corrected chi connectivity index (χ0v) is 10.0. The first-order valence-corrected chi connectivity index (χ1v) is 6.03. The highest BCUT2D eigenvalue weighted by Gasteiger charge is 2.35. The van der Waals surface area contributed by atoms with E-state index in [4.69, 9.17) is 0 Å². The van der Waals surface area contributed by atoms with Crippen molar-refractivity contribution in [2.75, 3.05) is 19.6 Å². The van der Waals surface area contributed by atoms with Crippen molar-refractivity contribution in [2.24, 2.45) is 0 Å². The van der Waals surface area contributed by atoms with Gasteiger partial charge in [-0.3, -0.25) is 4.79 Å². The van der Waals surface area contributed by atoms with E-state index in [-0.39, 0.29) is 6.54 Å². The van der Waals surface area contributed by atoms with Gasteiger partial charge in [-0.2, -0.15) is 13.2 Å². The van der Waals surface area contributed by atoms with Gasteiger partial charge in [0.2, 0.25) is 5.91 Å². The van der Waals surface area contributed by atoms with Gasteiger partial charge in [0.25, 0.3) is 0 Å². The topological polar surface area (TPSA) is 32.3 Å². The van der Waals surface area contributed by atoms with Gasteiger partial charge in [-0.1, -0.05) is 13.3 Å². The molecule has 1 heterocycles. The van der Waals surface area contributed by atoms with E-state index in [2.05, 4.69) is 5.32 Å². The molecule has 0 radical (unpaired) electrons. The van der Waals surface area contributed by atoms with E-state index < -0.39 is 24.7 Å². The summed E-state index contributed by atoms with van der Waals surface area (Å²) in [6.07, 6.45) is -1.44. The van der Waals surface area contributed by atoms with Crippen LogP contribution >= 0.6 is 0 Å². The van der Waals surface area contributed by atoms with Gasteiger partial charge in [0.15, 0.2) is 0 Å². The number of alkyl halides is 3. The van der Waals surface area contributed by atoms with Crippen LogP contribution in [0.15, 0.2) is 0 Å². The van der Waals surface area contributed by atoms with Crippen molar-refractivity contribution in [3.8, 4) is 0 Å². The molecule has 0 aromatic rings. The summed E-state index contributed by atoms with van der Waals surface area (Å²) in [4.78, 5) is 12.8. The summed E-state index contributed by atoms with van der Waals surface area (Å²) in [5.74, 6) is -0.409. The van der Waals surface area contributed by atoms with Gasteiger partial charge < -0.3 is 10.2 Å². The van der Waals surface area contributed by atoms with Crippen LogP contribution in [0, 0.1) is 0 Å². The van der Waals surface area contributed by atoms with Crippen LogP contribution in [0.25, 0.3) is 0 Å². The maximum absolute atomic E-state index is 12.4. The molecule has 0 aromatic heterocycles. The Hall–Kier alpha value is -0.780. The smallest absolute Gasteiger partial charge is 0.332 e. The second-order valence-electron chi connectivity index (χ2n) is 4.38. The number of rotatable bonds is 5. The highest BCUT2D eigenvalue weighted by atomic mass is 19.4. The first-order chi connectivity index (χ1) is 7.94. The van der Waals surface area contributed by atoms with Crippen LogP contribution in [-0.2, 0) is 4.79 Å². The first-order valence-electron chi connectivity index (χ1n) is 6.03. The summed E-state index contributed by atoms with van der Waals surface area (Å²) in [7, 11) is 0. The molecule has 100 valence electrons. The molecule has 17 heavy (non-hydrogen) atoms. The van der Waals surface area contributed by atoms with Crippen molar-refractivity contribution in [3.05, 3.63) is 0 Å². The second kappa shape index (κ2) is 6.23. The Bertz CT molecular complexity index is 250. The molecule has 1 rings (SSSR count). The van der Waals surface area contributed by atoms with Crippen molar-refractivity contribution in [1.29, 1.82) is 0 Å². The van der Waals surface area contributed by atoms with E-state index >= 15 is 0 Å². The number of carbonyl (C=O) groups is 1. The number of nitrogens with zero attached hydrogens (tertiary/aromatic N) is 1. The van der Waals surface area contributed by atoms with Gasteiger partial charge >= 0.3 is 6.18 Å². The molecule has 3 nitrogen and oxygen atoms in total. The number of hydrogen-bond donors (Lipinski definition) is 1. The Labute approximate surface area is 99.4 Å². The number of amides is 1. The number of nitrogens with one attached hydrogen (secondary N) is 1. The molecule has 1 unspecified atom stereocenters. The molecule has 0 spiro atoms. The lowest BCUT2D eigenvalue weighted by Crippen LogP contribution is -2.47. The standard InChI is InChI=1S/C11H19F3N2O/c1-2-3-7-16(8-11(12,13)14)10(17)9-5-4-6-15-9/h9,15H,2-8H2,1H3. The molecule has 1 aliphatic heterocycles. The van der Waals surface area contributed by atoms with Crippen LogP contribution in [0.1, 0.15) is 32.6 Å². The van der Waals surface area contributed by atoms with Crippen LogP contribution in [0.2, 0.25) is 0 Å². The predicted molar refractivity (Wildman–Crippen MR) is 58.6 cm³/mol. The van der Waals surface area contributed by atoms with Gasteiger partial charge in [-0.05, 0) is 25.8 Å². The minimum atomic E-state index is -4.32. The Morgan fingerprint density at radius 1 is 1.47 bits per heavy atom. The van der Waals surface area contributed by atoms with E-state index in [0.29, 0.717) is 19.4 Å². The maximum atomic E-state index is 12.4. The molecule has 1 N–H and O–H groups in total. The zero-order valence-electron chi connectivity index (χ0n) is 10.0. The normalized spacial score (nSPS) is 20.6. The highest BCUT2D eigenvalue weighted by Crippen LogP contribution is 2.19. The summed E-state index contributed by atoms with van der Waals surface area (Å²) >= 11 is 0. The lowest BCUT2D eigenvalue weighted by atomic mass is 10.2. The summed E-state index contributed by atoms with van der Waals surface area (Å²) in [6, 6.07) is -0.422. The lowest BCUT2D eigenvalue weighted by molar-refractivity contribution is -0.162. The number of unbranched alkanes of at least 4 members (excludes halogenated alkanes) is 1. The maximum Gasteiger partial charge on any atom is 0.406 e. The van der Waals surface area contributed by atoms with Crippen LogP contribution in [0.5, 0.6) is 0 Å².